The van der Waals surface area contributed by atoms with Gasteiger partial charge in [0.15, 0.2) is 6.10 Å². The number of Topliss-reactive ketones (excluding diaryl/α,β-unsaturated/α-hetero) is 1. The van der Waals surface area contributed by atoms with Crippen LogP contribution in [0.2, 0.25) is 0 Å². The summed E-state index contributed by atoms with van der Waals surface area (Å²) >= 11 is 0. The van der Waals surface area contributed by atoms with Crippen molar-refractivity contribution in [3.63, 3.8) is 0 Å². The number of fused-ring (bicyclic) bond motifs is 1. The first-order valence-electron chi connectivity index (χ1n) is 12.3. The lowest BCUT2D eigenvalue weighted by molar-refractivity contribution is -0.122. The Kier molecular flexibility index (Phi) is 6.51. The van der Waals surface area contributed by atoms with Gasteiger partial charge in [0.05, 0.1) is 23.1 Å². The number of esters is 1. The van der Waals surface area contributed by atoms with E-state index in [4.69, 9.17) is 4.74 Å². The molecule has 6 nitrogen and oxygen atoms in total. The third-order valence-electron chi connectivity index (χ3n) is 7.27. The van der Waals surface area contributed by atoms with Gasteiger partial charge >= 0.3 is 5.97 Å². The molecule has 36 heavy (non-hydrogen) atoms. The summed E-state index contributed by atoms with van der Waals surface area (Å²) in [6.45, 7) is 1.54. The van der Waals surface area contributed by atoms with Crippen molar-refractivity contribution in [1.29, 1.82) is 0 Å². The summed E-state index contributed by atoms with van der Waals surface area (Å²) in [7, 11) is 0. The summed E-state index contributed by atoms with van der Waals surface area (Å²) in [5, 5.41) is 0. The molecular formula is C30H27NO5. The van der Waals surface area contributed by atoms with Crippen molar-refractivity contribution < 1.29 is 23.9 Å². The molecule has 1 heterocycles. The normalized spacial score (nSPS) is 22.1. The van der Waals surface area contributed by atoms with E-state index in [9.17, 15) is 19.2 Å². The summed E-state index contributed by atoms with van der Waals surface area (Å²) in [5.41, 5.74) is 2.36. The fourth-order valence-corrected chi connectivity index (χ4v) is 5.33. The molecule has 6 heteroatoms. The van der Waals surface area contributed by atoms with Crippen LogP contribution >= 0.6 is 0 Å². The molecule has 2 aliphatic rings. The number of hydrogen-bond donors (Lipinski definition) is 0. The number of hydrogen-bond acceptors (Lipinski definition) is 5. The lowest BCUT2D eigenvalue weighted by atomic mass is 9.73. The lowest BCUT2D eigenvalue weighted by Gasteiger charge is -2.28. The number of carbonyl (C=O) groups is 4. The number of ketones is 1. The number of amides is 2. The molecule has 1 aliphatic carbocycles. The zero-order valence-electron chi connectivity index (χ0n) is 20.0. The number of carbonyl (C=O) groups excluding carboxylic acids is 4. The van der Waals surface area contributed by atoms with Crippen molar-refractivity contribution >= 4 is 29.3 Å². The molecule has 0 aromatic heterocycles. The topological polar surface area (TPSA) is 80.8 Å². The van der Waals surface area contributed by atoms with Crippen molar-refractivity contribution in [3.8, 4) is 0 Å². The van der Waals surface area contributed by atoms with E-state index in [0.717, 1.165) is 6.42 Å². The van der Waals surface area contributed by atoms with E-state index in [2.05, 4.69) is 12.1 Å². The van der Waals surface area contributed by atoms with Gasteiger partial charge in [0.2, 0.25) is 17.6 Å². The Morgan fingerprint density at radius 3 is 2.06 bits per heavy atom. The number of benzene rings is 3. The van der Waals surface area contributed by atoms with Gasteiger partial charge in [-0.2, -0.15) is 0 Å². The molecule has 0 spiro atoms. The van der Waals surface area contributed by atoms with Crippen LogP contribution in [-0.4, -0.2) is 29.7 Å². The van der Waals surface area contributed by atoms with Gasteiger partial charge in [-0.3, -0.25) is 19.3 Å². The summed E-state index contributed by atoms with van der Waals surface area (Å²) < 4.78 is 5.36. The second-order valence-corrected chi connectivity index (χ2v) is 9.47. The first kappa shape index (κ1) is 23.7. The fourth-order valence-electron chi connectivity index (χ4n) is 5.33. The first-order valence-corrected chi connectivity index (χ1v) is 12.3. The highest BCUT2D eigenvalue weighted by Crippen LogP contribution is 2.45. The monoisotopic (exact) mass is 481 g/mol. The maximum atomic E-state index is 13.3. The average molecular weight is 482 g/mol. The summed E-state index contributed by atoms with van der Waals surface area (Å²) in [6.07, 6.45) is 1.28. The van der Waals surface area contributed by atoms with Crippen molar-refractivity contribution in [1.82, 2.24) is 0 Å². The van der Waals surface area contributed by atoms with E-state index in [1.807, 2.05) is 18.2 Å². The number of nitrogens with zero attached hydrogens (tertiary/aromatic N) is 1. The van der Waals surface area contributed by atoms with Crippen molar-refractivity contribution in [2.24, 2.45) is 11.8 Å². The number of ether oxygens (including phenoxy) is 1. The van der Waals surface area contributed by atoms with Gasteiger partial charge in [-0.25, -0.2) is 4.79 Å². The second-order valence-electron chi connectivity index (χ2n) is 9.47. The number of rotatable bonds is 6. The molecule has 0 radical (unpaired) electrons. The molecule has 1 saturated heterocycles. The molecule has 3 aromatic rings. The summed E-state index contributed by atoms with van der Waals surface area (Å²) in [4.78, 5) is 52.8. The Hall–Kier alpha value is -4.06. The summed E-state index contributed by atoms with van der Waals surface area (Å²) in [5.74, 6) is -1.64. The van der Waals surface area contributed by atoms with Gasteiger partial charge in [0.25, 0.3) is 0 Å². The molecular weight excluding hydrogens is 454 g/mol. The van der Waals surface area contributed by atoms with Crippen LogP contribution in [0.4, 0.5) is 5.69 Å². The molecule has 1 saturated carbocycles. The van der Waals surface area contributed by atoms with Gasteiger partial charge in [0.1, 0.15) is 0 Å². The second kappa shape index (κ2) is 9.90. The Morgan fingerprint density at radius 1 is 0.778 bits per heavy atom. The van der Waals surface area contributed by atoms with E-state index in [1.165, 1.54) is 29.5 Å². The molecule has 2 amide bonds. The molecule has 2 fully saturated rings. The molecule has 0 N–H and O–H groups in total. The van der Waals surface area contributed by atoms with Gasteiger partial charge in [-0.05, 0) is 61.9 Å². The molecule has 4 unspecified atom stereocenters. The number of imide groups is 1. The van der Waals surface area contributed by atoms with E-state index >= 15 is 0 Å². The molecule has 3 aromatic carbocycles. The Morgan fingerprint density at radius 2 is 1.39 bits per heavy atom. The molecule has 1 aliphatic heterocycles. The third-order valence-corrected chi connectivity index (χ3v) is 7.27. The average Bonchev–Trinajstić information content (AvgIpc) is 3.18. The third kappa shape index (κ3) is 4.47. The highest BCUT2D eigenvalue weighted by atomic mass is 16.5. The molecule has 182 valence electrons. The van der Waals surface area contributed by atoms with Crippen LogP contribution in [0.3, 0.4) is 0 Å². The van der Waals surface area contributed by atoms with Crippen molar-refractivity contribution in [3.05, 3.63) is 102 Å². The SMILES string of the molecule is CC(OC(=O)c1ccc(N2C(=O)C3CCC(c4ccccc4)CC3C2=O)cc1)C(=O)c1ccccc1. The zero-order valence-corrected chi connectivity index (χ0v) is 20.0. The maximum Gasteiger partial charge on any atom is 0.338 e. The minimum Gasteiger partial charge on any atom is -0.451 e. The van der Waals surface area contributed by atoms with Crippen molar-refractivity contribution in [2.45, 2.75) is 38.2 Å². The van der Waals surface area contributed by atoms with E-state index in [0.29, 0.717) is 24.1 Å². The standard InChI is InChI=1S/C30H27NO5/c1-19(27(32)21-10-6-3-7-11-21)36-30(35)22-12-15-24(16-13-22)31-28(33)25-17-14-23(18-26(25)29(31)34)20-8-4-2-5-9-20/h2-13,15-16,19,23,25-26H,14,17-18H2,1H3. The van der Waals surface area contributed by atoms with Gasteiger partial charge in [0, 0.05) is 5.56 Å². The van der Waals surface area contributed by atoms with E-state index in [1.54, 1.807) is 42.5 Å². The van der Waals surface area contributed by atoms with E-state index in [-0.39, 0.29) is 40.9 Å². The highest BCUT2D eigenvalue weighted by molar-refractivity contribution is 6.22. The zero-order chi connectivity index (χ0) is 25.2. The Bertz CT molecular complexity index is 1290. The molecule has 5 rings (SSSR count). The fraction of sp³-hybridized carbons (Fsp3) is 0.267. The predicted octanol–water partition coefficient (Wildman–Crippen LogP) is 5.19. The van der Waals surface area contributed by atoms with Crippen LogP contribution in [0.15, 0.2) is 84.9 Å². The van der Waals surface area contributed by atoms with Crippen molar-refractivity contribution in [2.75, 3.05) is 4.90 Å². The van der Waals surface area contributed by atoms with Crippen LogP contribution in [-0.2, 0) is 14.3 Å². The van der Waals surface area contributed by atoms with E-state index < -0.39 is 12.1 Å². The largest absolute Gasteiger partial charge is 0.451 e. The first-order chi connectivity index (χ1) is 17.4. The minimum absolute atomic E-state index is 0.172. The molecule has 4 atom stereocenters. The highest BCUT2D eigenvalue weighted by Gasteiger charge is 2.50. The van der Waals surface area contributed by atoms with Crippen LogP contribution in [0.25, 0.3) is 0 Å². The Balaban J connectivity index is 1.26. The van der Waals surface area contributed by atoms with Crippen LogP contribution < -0.4 is 4.90 Å². The predicted molar refractivity (Wildman–Crippen MR) is 135 cm³/mol. The summed E-state index contributed by atoms with van der Waals surface area (Å²) in [6, 6.07) is 25.0. The lowest BCUT2D eigenvalue weighted by Crippen LogP contribution is -2.31. The smallest absolute Gasteiger partial charge is 0.338 e. The van der Waals surface area contributed by atoms with Gasteiger partial charge in [-0.15, -0.1) is 0 Å². The molecule has 0 bridgehead atoms. The minimum atomic E-state index is -0.943. The van der Waals surface area contributed by atoms with Crippen LogP contribution in [0.1, 0.15) is 58.4 Å². The number of anilines is 1. The van der Waals surface area contributed by atoms with Crippen LogP contribution in [0, 0.1) is 11.8 Å². The quantitative estimate of drug-likeness (QED) is 0.275. The van der Waals surface area contributed by atoms with Crippen LogP contribution in [0.5, 0.6) is 0 Å². The van der Waals surface area contributed by atoms with Gasteiger partial charge in [-0.1, -0.05) is 60.7 Å². The van der Waals surface area contributed by atoms with Gasteiger partial charge < -0.3 is 4.74 Å². The Labute approximate surface area is 209 Å². The maximum absolute atomic E-state index is 13.3.